The maximum atomic E-state index is 12.9. The molecule has 1 N–H and O–H groups in total. The predicted molar refractivity (Wildman–Crippen MR) is 123 cm³/mol. The van der Waals surface area contributed by atoms with E-state index < -0.39 is 10.0 Å². The lowest BCUT2D eigenvalue weighted by atomic mass is 10.2. The van der Waals surface area contributed by atoms with Crippen LogP contribution in [0.4, 0.5) is 5.69 Å². The van der Waals surface area contributed by atoms with Crippen LogP contribution < -0.4 is 5.32 Å². The summed E-state index contributed by atoms with van der Waals surface area (Å²) in [5.74, 6) is -0.180. The van der Waals surface area contributed by atoms with E-state index in [9.17, 15) is 13.2 Å². The Morgan fingerprint density at radius 2 is 2.03 bits per heavy atom. The summed E-state index contributed by atoms with van der Waals surface area (Å²) in [6.45, 7) is 3.79. The van der Waals surface area contributed by atoms with E-state index in [1.165, 1.54) is 15.2 Å². The summed E-state index contributed by atoms with van der Waals surface area (Å²) in [5.41, 5.74) is 0.470. The third-order valence-corrected chi connectivity index (χ3v) is 8.29. The van der Waals surface area contributed by atoms with Crippen molar-refractivity contribution in [3.8, 4) is 0 Å². The summed E-state index contributed by atoms with van der Waals surface area (Å²) in [4.78, 5) is 16.3. The van der Waals surface area contributed by atoms with Crippen molar-refractivity contribution in [3.05, 3.63) is 46.7 Å². The normalized spacial score (nSPS) is 20.0. The second-order valence-corrected chi connectivity index (χ2v) is 10.9. The van der Waals surface area contributed by atoms with Crippen LogP contribution in [0, 0.1) is 0 Å². The molecule has 32 heavy (non-hydrogen) atoms. The van der Waals surface area contributed by atoms with E-state index in [-0.39, 0.29) is 23.5 Å². The minimum Gasteiger partial charge on any atom is -0.379 e. The molecule has 0 saturated carbocycles. The van der Waals surface area contributed by atoms with Crippen LogP contribution in [-0.2, 0) is 30.8 Å². The number of rotatable bonds is 9. The van der Waals surface area contributed by atoms with Crippen molar-refractivity contribution in [3.63, 3.8) is 0 Å². The average molecular weight is 480 g/mol. The number of amides is 1. The maximum Gasteiger partial charge on any atom is 0.243 e. The number of nitrogens with one attached hydrogen (secondary N) is 1. The molecule has 1 unspecified atom stereocenters. The van der Waals surface area contributed by atoms with Gasteiger partial charge in [0.1, 0.15) is 0 Å². The molecule has 2 saturated heterocycles. The Morgan fingerprint density at radius 1 is 1.19 bits per heavy atom. The zero-order valence-electron chi connectivity index (χ0n) is 17.9. The number of hydrogen-bond donors (Lipinski definition) is 1. The second kappa shape index (κ2) is 10.9. The first kappa shape index (κ1) is 23.3. The van der Waals surface area contributed by atoms with Crippen molar-refractivity contribution < 1.29 is 22.7 Å². The van der Waals surface area contributed by atoms with E-state index in [0.29, 0.717) is 45.1 Å². The van der Waals surface area contributed by atoms with E-state index in [0.717, 1.165) is 19.4 Å². The topological polar surface area (TPSA) is 88.2 Å². The number of anilines is 1. The summed E-state index contributed by atoms with van der Waals surface area (Å²) in [5, 5.41) is 4.89. The van der Waals surface area contributed by atoms with E-state index in [1.54, 1.807) is 29.5 Å². The number of hydrogen-bond acceptors (Lipinski definition) is 7. The minimum absolute atomic E-state index is 0.143. The second-order valence-electron chi connectivity index (χ2n) is 7.98. The molecule has 2 aliphatic rings. The Balaban J connectivity index is 1.41. The Kier molecular flexibility index (Phi) is 7.93. The third-order valence-electron chi connectivity index (χ3n) is 5.54. The van der Waals surface area contributed by atoms with Crippen molar-refractivity contribution in [2.75, 3.05) is 51.3 Å². The lowest BCUT2D eigenvalue weighted by molar-refractivity contribution is -0.117. The molecular formula is C22H29N3O5S2. The van der Waals surface area contributed by atoms with Crippen LogP contribution in [0.1, 0.15) is 17.7 Å². The first-order valence-corrected chi connectivity index (χ1v) is 13.2. The first-order chi connectivity index (χ1) is 15.5. The summed E-state index contributed by atoms with van der Waals surface area (Å²) in [6, 6.07) is 10.5. The van der Waals surface area contributed by atoms with E-state index in [1.807, 2.05) is 11.4 Å². The maximum absolute atomic E-state index is 12.9. The van der Waals surface area contributed by atoms with Crippen LogP contribution in [0.3, 0.4) is 0 Å². The highest BCUT2D eigenvalue weighted by Crippen LogP contribution is 2.21. The van der Waals surface area contributed by atoms with Crippen LogP contribution in [0.15, 0.2) is 46.7 Å². The molecule has 1 amide bonds. The molecule has 2 fully saturated rings. The van der Waals surface area contributed by atoms with Gasteiger partial charge < -0.3 is 14.8 Å². The third kappa shape index (κ3) is 6.15. The smallest absolute Gasteiger partial charge is 0.243 e. The molecule has 3 heterocycles. The Labute approximate surface area is 193 Å². The van der Waals surface area contributed by atoms with Crippen molar-refractivity contribution in [1.82, 2.24) is 9.21 Å². The molecule has 1 aromatic carbocycles. The van der Waals surface area contributed by atoms with Gasteiger partial charge >= 0.3 is 0 Å². The van der Waals surface area contributed by atoms with Gasteiger partial charge in [-0.05, 0) is 42.5 Å². The van der Waals surface area contributed by atoms with Crippen LogP contribution in [0.25, 0.3) is 0 Å². The zero-order chi connectivity index (χ0) is 22.4. The van der Waals surface area contributed by atoms with Crippen LogP contribution in [0.5, 0.6) is 0 Å². The predicted octanol–water partition coefficient (Wildman–Crippen LogP) is 2.39. The molecule has 0 aliphatic carbocycles. The summed E-state index contributed by atoms with van der Waals surface area (Å²) < 4.78 is 38.3. The Bertz CT molecular complexity index is 985. The number of nitrogens with zero attached hydrogens (tertiary/aromatic N) is 2. The first-order valence-electron chi connectivity index (χ1n) is 10.8. The lowest BCUT2D eigenvalue weighted by Gasteiger charge is -2.26. The molecule has 174 valence electrons. The van der Waals surface area contributed by atoms with Gasteiger partial charge in [-0.2, -0.15) is 4.31 Å². The molecule has 0 radical (unpaired) electrons. The largest absolute Gasteiger partial charge is 0.379 e. The molecule has 4 rings (SSSR count). The highest BCUT2D eigenvalue weighted by Gasteiger charge is 2.27. The van der Waals surface area contributed by atoms with Gasteiger partial charge in [-0.25, -0.2) is 8.42 Å². The molecule has 0 spiro atoms. The Hall–Kier alpha value is -1.82. The quantitative estimate of drug-likeness (QED) is 0.594. The molecule has 2 aliphatic heterocycles. The number of morpholine rings is 1. The van der Waals surface area contributed by atoms with Crippen molar-refractivity contribution in [2.24, 2.45) is 0 Å². The van der Waals surface area contributed by atoms with Gasteiger partial charge in [0.25, 0.3) is 0 Å². The van der Waals surface area contributed by atoms with Gasteiger partial charge in [-0.1, -0.05) is 12.1 Å². The highest BCUT2D eigenvalue weighted by atomic mass is 32.2. The molecule has 1 aromatic heterocycles. The van der Waals surface area contributed by atoms with E-state index in [2.05, 4.69) is 16.3 Å². The fourth-order valence-electron chi connectivity index (χ4n) is 3.96. The van der Waals surface area contributed by atoms with Gasteiger partial charge in [-0.15, -0.1) is 11.3 Å². The summed E-state index contributed by atoms with van der Waals surface area (Å²) in [6.07, 6.45) is 2.20. The van der Waals surface area contributed by atoms with Crippen molar-refractivity contribution in [1.29, 1.82) is 0 Å². The molecule has 10 heteroatoms. The summed E-state index contributed by atoms with van der Waals surface area (Å²) in [7, 11) is -3.62. The molecule has 8 nitrogen and oxygen atoms in total. The number of thiophene rings is 1. The van der Waals surface area contributed by atoms with Gasteiger partial charge in [0.05, 0.1) is 30.8 Å². The SMILES string of the molecule is O=C(CN(Cc1cccs1)CC1CCCO1)Nc1cccc(S(=O)(=O)N2CCOCC2)c1. The van der Waals surface area contributed by atoms with Gasteiger partial charge in [0, 0.05) is 43.4 Å². The Morgan fingerprint density at radius 3 is 2.75 bits per heavy atom. The summed E-state index contributed by atoms with van der Waals surface area (Å²) >= 11 is 1.66. The number of carbonyl (C=O) groups excluding carboxylic acids is 1. The van der Waals surface area contributed by atoms with Gasteiger partial charge in [0.2, 0.25) is 15.9 Å². The number of sulfonamides is 1. The van der Waals surface area contributed by atoms with Gasteiger partial charge in [-0.3, -0.25) is 9.69 Å². The number of benzene rings is 1. The molecule has 0 bridgehead atoms. The highest BCUT2D eigenvalue weighted by molar-refractivity contribution is 7.89. The molecular weight excluding hydrogens is 450 g/mol. The van der Waals surface area contributed by atoms with Crippen molar-refractivity contribution in [2.45, 2.75) is 30.4 Å². The molecule has 2 aromatic rings. The standard InChI is InChI=1S/C22H29N3O5S2/c26-22(17-24(15-19-5-2-10-30-19)16-20-6-3-13-31-20)23-18-4-1-7-21(14-18)32(27,28)25-8-11-29-12-9-25/h1,3-4,6-7,13-14,19H,2,5,8-12,15-17H2,(H,23,26). The van der Waals surface area contributed by atoms with E-state index in [4.69, 9.17) is 9.47 Å². The lowest BCUT2D eigenvalue weighted by Crippen LogP contribution is -2.40. The fraction of sp³-hybridized carbons (Fsp3) is 0.500. The van der Waals surface area contributed by atoms with Crippen LogP contribution >= 0.6 is 11.3 Å². The minimum atomic E-state index is -3.62. The van der Waals surface area contributed by atoms with Crippen LogP contribution in [0.2, 0.25) is 0 Å². The monoisotopic (exact) mass is 479 g/mol. The fourth-order valence-corrected chi connectivity index (χ4v) is 6.16. The number of ether oxygens (including phenoxy) is 2. The number of carbonyl (C=O) groups is 1. The van der Waals surface area contributed by atoms with E-state index >= 15 is 0 Å². The van der Waals surface area contributed by atoms with Crippen molar-refractivity contribution >= 4 is 33.0 Å². The molecule has 1 atom stereocenters. The van der Waals surface area contributed by atoms with Gasteiger partial charge in [0.15, 0.2) is 0 Å². The average Bonchev–Trinajstić information content (AvgIpc) is 3.49. The zero-order valence-corrected chi connectivity index (χ0v) is 19.6. The van der Waals surface area contributed by atoms with Crippen LogP contribution in [-0.4, -0.2) is 75.6 Å².